The Morgan fingerprint density at radius 1 is 1.08 bits per heavy atom. The zero-order valence-corrected chi connectivity index (χ0v) is 14.2. The van der Waals surface area contributed by atoms with Crippen LogP contribution in [-0.2, 0) is 16.1 Å². The molecule has 0 unspecified atom stereocenters. The van der Waals surface area contributed by atoms with Crippen LogP contribution in [-0.4, -0.2) is 18.5 Å². The Balaban J connectivity index is 1.51. The van der Waals surface area contributed by atoms with Crippen LogP contribution in [0.3, 0.4) is 0 Å². The lowest BCUT2D eigenvalue weighted by Gasteiger charge is -2.06. The molecule has 1 heterocycles. The fourth-order valence-corrected chi connectivity index (χ4v) is 3.35. The van der Waals surface area contributed by atoms with Gasteiger partial charge in [0.1, 0.15) is 4.88 Å². The monoisotopic (exact) mass is 359 g/mol. The molecule has 0 aliphatic carbocycles. The summed E-state index contributed by atoms with van der Waals surface area (Å²) in [6, 6.07) is 16.7. The molecule has 0 atom stereocenters. The molecule has 0 aliphatic rings. The van der Waals surface area contributed by atoms with Crippen molar-refractivity contribution in [1.82, 2.24) is 5.32 Å². The van der Waals surface area contributed by atoms with Crippen molar-refractivity contribution in [3.63, 3.8) is 0 Å². The molecule has 3 rings (SSSR count). The summed E-state index contributed by atoms with van der Waals surface area (Å²) in [4.78, 5) is 24.3. The van der Waals surface area contributed by atoms with Crippen molar-refractivity contribution >= 4 is 44.9 Å². The Labute approximate surface area is 148 Å². The molecule has 4 nitrogen and oxygen atoms in total. The van der Waals surface area contributed by atoms with Gasteiger partial charge in [0.05, 0.1) is 0 Å². The summed E-state index contributed by atoms with van der Waals surface area (Å²) in [5, 5.41) is 4.28. The molecular formula is C18H14ClNO3S. The minimum Gasteiger partial charge on any atom is -0.451 e. The standard InChI is InChI=1S/C18H14ClNO3S/c19-14-6-3-4-12(8-14)10-20-17(21)11-23-18(22)16-9-13-5-1-2-7-15(13)24-16/h1-9H,10-11H2,(H,20,21). The Morgan fingerprint density at radius 2 is 1.92 bits per heavy atom. The topological polar surface area (TPSA) is 55.4 Å². The highest BCUT2D eigenvalue weighted by molar-refractivity contribution is 7.20. The van der Waals surface area contributed by atoms with E-state index in [2.05, 4.69) is 5.32 Å². The quantitative estimate of drug-likeness (QED) is 0.700. The first kappa shape index (κ1) is 16.5. The van der Waals surface area contributed by atoms with Gasteiger partial charge in [-0.2, -0.15) is 0 Å². The number of rotatable bonds is 5. The first-order valence-corrected chi connectivity index (χ1v) is 8.48. The average molecular weight is 360 g/mol. The van der Waals surface area contributed by atoms with E-state index in [0.29, 0.717) is 16.4 Å². The fraction of sp³-hybridized carbons (Fsp3) is 0.111. The van der Waals surface area contributed by atoms with Crippen molar-refractivity contribution in [3.05, 3.63) is 70.1 Å². The van der Waals surface area contributed by atoms with Gasteiger partial charge >= 0.3 is 5.97 Å². The smallest absolute Gasteiger partial charge is 0.348 e. The second kappa shape index (κ2) is 7.47. The molecule has 0 saturated heterocycles. The zero-order valence-electron chi connectivity index (χ0n) is 12.6. The number of hydrogen-bond acceptors (Lipinski definition) is 4. The van der Waals surface area contributed by atoms with Crippen LogP contribution in [0.4, 0.5) is 0 Å². The summed E-state index contributed by atoms with van der Waals surface area (Å²) in [6.07, 6.45) is 0. The van der Waals surface area contributed by atoms with Gasteiger partial charge in [-0.05, 0) is 35.2 Å². The van der Waals surface area contributed by atoms with E-state index in [1.54, 1.807) is 18.2 Å². The molecule has 6 heteroatoms. The van der Waals surface area contributed by atoms with Gasteiger partial charge in [-0.1, -0.05) is 41.9 Å². The molecule has 2 aromatic carbocycles. The first-order valence-electron chi connectivity index (χ1n) is 7.29. The normalized spacial score (nSPS) is 10.5. The van der Waals surface area contributed by atoms with Crippen LogP contribution in [0.15, 0.2) is 54.6 Å². The van der Waals surface area contributed by atoms with E-state index >= 15 is 0 Å². The van der Waals surface area contributed by atoms with Crippen molar-refractivity contribution in [2.45, 2.75) is 6.54 Å². The van der Waals surface area contributed by atoms with Crippen molar-refractivity contribution < 1.29 is 14.3 Å². The molecule has 0 radical (unpaired) electrons. The van der Waals surface area contributed by atoms with E-state index < -0.39 is 5.97 Å². The number of amides is 1. The summed E-state index contributed by atoms with van der Waals surface area (Å²) < 4.78 is 6.07. The summed E-state index contributed by atoms with van der Waals surface area (Å²) >= 11 is 7.23. The van der Waals surface area contributed by atoms with Gasteiger partial charge in [0.25, 0.3) is 5.91 Å². The number of esters is 1. The number of carbonyl (C=O) groups excluding carboxylic acids is 2. The van der Waals surface area contributed by atoms with Crippen LogP contribution in [0.2, 0.25) is 5.02 Å². The van der Waals surface area contributed by atoms with Crippen LogP contribution in [0.5, 0.6) is 0 Å². The lowest BCUT2D eigenvalue weighted by molar-refractivity contribution is -0.124. The van der Waals surface area contributed by atoms with Crippen LogP contribution < -0.4 is 5.32 Å². The summed E-state index contributed by atoms with van der Waals surface area (Å²) in [5.74, 6) is -0.849. The van der Waals surface area contributed by atoms with Crippen LogP contribution in [0.25, 0.3) is 10.1 Å². The minimum atomic E-state index is -0.492. The average Bonchev–Trinajstić information content (AvgIpc) is 3.02. The third kappa shape index (κ3) is 4.13. The van der Waals surface area contributed by atoms with Crippen LogP contribution >= 0.6 is 22.9 Å². The zero-order chi connectivity index (χ0) is 16.9. The predicted octanol–water partition coefficient (Wildman–Crippen LogP) is 4.03. The third-order valence-electron chi connectivity index (χ3n) is 3.34. The van der Waals surface area contributed by atoms with E-state index in [1.807, 2.05) is 36.4 Å². The predicted molar refractivity (Wildman–Crippen MR) is 95.4 cm³/mol. The molecule has 122 valence electrons. The van der Waals surface area contributed by atoms with Gasteiger partial charge in [0, 0.05) is 16.3 Å². The number of nitrogens with one attached hydrogen (secondary N) is 1. The van der Waals surface area contributed by atoms with E-state index in [9.17, 15) is 9.59 Å². The molecule has 1 amide bonds. The lowest BCUT2D eigenvalue weighted by Crippen LogP contribution is -2.28. The van der Waals surface area contributed by atoms with Crippen molar-refractivity contribution in [2.75, 3.05) is 6.61 Å². The molecule has 0 aliphatic heterocycles. The summed E-state index contributed by atoms with van der Waals surface area (Å²) in [7, 11) is 0. The minimum absolute atomic E-state index is 0.312. The highest BCUT2D eigenvalue weighted by Gasteiger charge is 2.13. The molecule has 3 aromatic rings. The molecule has 0 bridgehead atoms. The van der Waals surface area contributed by atoms with Crippen molar-refractivity contribution in [3.8, 4) is 0 Å². The highest BCUT2D eigenvalue weighted by atomic mass is 35.5. The number of halogens is 1. The summed E-state index contributed by atoms with van der Waals surface area (Å²) in [6.45, 7) is 0.0213. The number of ether oxygens (including phenoxy) is 1. The Morgan fingerprint density at radius 3 is 2.71 bits per heavy atom. The number of hydrogen-bond donors (Lipinski definition) is 1. The second-order valence-corrected chi connectivity index (χ2v) is 6.65. The van der Waals surface area contributed by atoms with Gasteiger partial charge in [-0.3, -0.25) is 4.79 Å². The summed E-state index contributed by atoms with van der Waals surface area (Å²) in [5.41, 5.74) is 0.881. The molecule has 0 saturated carbocycles. The van der Waals surface area contributed by atoms with E-state index in [4.69, 9.17) is 16.3 Å². The van der Waals surface area contributed by atoms with E-state index in [0.717, 1.165) is 15.6 Å². The van der Waals surface area contributed by atoms with Gasteiger partial charge in [-0.25, -0.2) is 4.79 Å². The van der Waals surface area contributed by atoms with E-state index in [-0.39, 0.29) is 12.5 Å². The largest absolute Gasteiger partial charge is 0.451 e. The van der Waals surface area contributed by atoms with Crippen LogP contribution in [0.1, 0.15) is 15.2 Å². The van der Waals surface area contributed by atoms with Crippen molar-refractivity contribution in [2.24, 2.45) is 0 Å². The Hall–Kier alpha value is -2.37. The molecule has 24 heavy (non-hydrogen) atoms. The molecule has 1 aromatic heterocycles. The maximum Gasteiger partial charge on any atom is 0.348 e. The third-order valence-corrected chi connectivity index (χ3v) is 4.67. The van der Waals surface area contributed by atoms with Gasteiger partial charge in [0.2, 0.25) is 0 Å². The van der Waals surface area contributed by atoms with Gasteiger partial charge in [-0.15, -0.1) is 11.3 Å². The Kier molecular flexibility index (Phi) is 5.13. The Bertz CT molecular complexity index is 858. The molecule has 0 fully saturated rings. The highest BCUT2D eigenvalue weighted by Crippen LogP contribution is 2.25. The van der Waals surface area contributed by atoms with Crippen molar-refractivity contribution in [1.29, 1.82) is 0 Å². The number of thiophene rings is 1. The lowest BCUT2D eigenvalue weighted by atomic mass is 10.2. The van der Waals surface area contributed by atoms with E-state index in [1.165, 1.54) is 11.3 Å². The number of benzene rings is 2. The number of fused-ring (bicyclic) bond motifs is 1. The maximum atomic E-state index is 12.0. The molecule has 0 spiro atoms. The van der Waals surface area contributed by atoms with Gasteiger partial charge in [0.15, 0.2) is 6.61 Å². The fourth-order valence-electron chi connectivity index (χ4n) is 2.18. The molecular weight excluding hydrogens is 346 g/mol. The van der Waals surface area contributed by atoms with Crippen LogP contribution in [0, 0.1) is 0 Å². The number of carbonyl (C=O) groups is 2. The SMILES string of the molecule is O=C(COC(=O)c1cc2ccccc2s1)NCc1cccc(Cl)c1. The second-order valence-electron chi connectivity index (χ2n) is 5.13. The first-order chi connectivity index (χ1) is 11.6. The maximum absolute atomic E-state index is 12.0. The van der Waals surface area contributed by atoms with Gasteiger partial charge < -0.3 is 10.1 Å². The molecule has 1 N–H and O–H groups in total.